The summed E-state index contributed by atoms with van der Waals surface area (Å²) in [4.78, 5) is 8.44. The first kappa shape index (κ1) is 16.5. The molecule has 0 unspecified atom stereocenters. The van der Waals surface area contributed by atoms with E-state index in [9.17, 15) is 0 Å². The molecule has 0 radical (unpaired) electrons. The van der Waals surface area contributed by atoms with Gasteiger partial charge < -0.3 is 19.1 Å². The molecule has 0 bridgehead atoms. The largest absolute Gasteiger partial charge is 0.368 e. The third kappa shape index (κ3) is 5.61. The molecule has 0 aliphatic heterocycles. The van der Waals surface area contributed by atoms with E-state index in [0.717, 1.165) is 17.4 Å². The lowest BCUT2D eigenvalue weighted by molar-refractivity contribution is -0.0241. The third-order valence-electron chi connectivity index (χ3n) is 2.44. The molecule has 0 aromatic carbocycles. The zero-order chi connectivity index (χ0) is 15.3. The fourth-order valence-corrected chi connectivity index (χ4v) is 1.62. The van der Waals surface area contributed by atoms with E-state index in [2.05, 4.69) is 10.1 Å². The predicted molar refractivity (Wildman–Crippen MR) is 79.6 cm³/mol. The van der Waals surface area contributed by atoms with Crippen molar-refractivity contribution in [2.75, 3.05) is 28.2 Å². The maximum atomic E-state index is 5.64. The summed E-state index contributed by atoms with van der Waals surface area (Å²) in [6.45, 7) is 6.94. The molecule has 114 valence electrons. The van der Waals surface area contributed by atoms with E-state index in [1.54, 1.807) is 0 Å². The van der Waals surface area contributed by atoms with Gasteiger partial charge in [0.15, 0.2) is 11.7 Å². The van der Waals surface area contributed by atoms with Crippen LogP contribution in [0.15, 0.2) is 15.6 Å². The molecule has 1 heterocycles. The predicted octanol–water partition coefficient (Wildman–Crippen LogP) is 1.97. The molecule has 0 amide bonds. The van der Waals surface area contributed by atoms with Crippen LogP contribution in [0.2, 0.25) is 0 Å². The average Bonchev–Trinajstić information content (AvgIpc) is 2.72. The van der Waals surface area contributed by atoms with Gasteiger partial charge in [-0.2, -0.15) is 0 Å². The number of guanidine groups is 1. The van der Waals surface area contributed by atoms with Crippen LogP contribution < -0.4 is 0 Å². The fraction of sp³-hybridized carbons (Fsp3) is 0.714. The van der Waals surface area contributed by atoms with Crippen molar-refractivity contribution in [1.29, 1.82) is 0 Å². The van der Waals surface area contributed by atoms with E-state index in [4.69, 9.17) is 9.26 Å². The van der Waals surface area contributed by atoms with Crippen LogP contribution >= 0.6 is 0 Å². The van der Waals surface area contributed by atoms with Crippen LogP contribution in [0.4, 0.5) is 0 Å². The lowest BCUT2D eigenvalue weighted by Gasteiger charge is -2.22. The van der Waals surface area contributed by atoms with Crippen LogP contribution in [-0.2, 0) is 17.9 Å². The lowest BCUT2D eigenvalue weighted by Crippen LogP contribution is -2.35. The Morgan fingerprint density at radius 1 is 1.25 bits per heavy atom. The van der Waals surface area contributed by atoms with Crippen molar-refractivity contribution in [3.8, 4) is 0 Å². The number of aromatic nitrogens is 1. The van der Waals surface area contributed by atoms with Gasteiger partial charge in [-0.25, -0.2) is 4.99 Å². The zero-order valence-electron chi connectivity index (χ0n) is 13.6. The highest BCUT2D eigenvalue weighted by atomic mass is 16.5. The summed E-state index contributed by atoms with van der Waals surface area (Å²) in [7, 11) is 7.85. The highest BCUT2D eigenvalue weighted by molar-refractivity contribution is 5.79. The SMILES string of the molecule is CN(C)C(=NCc1cc(COC(C)(C)C)on1)N(C)C. The Kier molecular flexibility index (Phi) is 5.56. The molecule has 0 N–H and O–H groups in total. The molecule has 0 spiro atoms. The second-order valence-corrected chi connectivity index (χ2v) is 6.09. The Hall–Kier alpha value is -1.56. The molecule has 20 heavy (non-hydrogen) atoms. The molecule has 1 aromatic rings. The van der Waals surface area contributed by atoms with Gasteiger partial charge in [0.25, 0.3) is 0 Å². The van der Waals surface area contributed by atoms with E-state index in [1.807, 2.05) is 64.8 Å². The summed E-state index contributed by atoms with van der Waals surface area (Å²) in [6.07, 6.45) is 0. The smallest absolute Gasteiger partial charge is 0.195 e. The monoisotopic (exact) mass is 282 g/mol. The minimum Gasteiger partial charge on any atom is -0.368 e. The van der Waals surface area contributed by atoms with Gasteiger partial charge in [0, 0.05) is 34.3 Å². The third-order valence-corrected chi connectivity index (χ3v) is 2.44. The van der Waals surface area contributed by atoms with Crippen LogP contribution in [0.3, 0.4) is 0 Å². The van der Waals surface area contributed by atoms with Gasteiger partial charge in [0.1, 0.15) is 12.3 Å². The fourth-order valence-electron chi connectivity index (χ4n) is 1.62. The van der Waals surface area contributed by atoms with Gasteiger partial charge in [0.05, 0.1) is 12.1 Å². The van der Waals surface area contributed by atoms with Crippen molar-refractivity contribution in [1.82, 2.24) is 15.0 Å². The summed E-state index contributed by atoms with van der Waals surface area (Å²) >= 11 is 0. The minimum absolute atomic E-state index is 0.186. The minimum atomic E-state index is -0.186. The van der Waals surface area contributed by atoms with Crippen LogP contribution in [0.25, 0.3) is 0 Å². The van der Waals surface area contributed by atoms with E-state index in [-0.39, 0.29) is 5.60 Å². The highest BCUT2D eigenvalue weighted by Gasteiger charge is 2.13. The molecule has 0 atom stereocenters. The second kappa shape index (κ2) is 6.74. The molecular formula is C14H26N4O2. The van der Waals surface area contributed by atoms with Gasteiger partial charge in [-0.3, -0.25) is 0 Å². The van der Waals surface area contributed by atoms with Gasteiger partial charge in [-0.05, 0) is 20.8 Å². The number of ether oxygens (including phenoxy) is 1. The molecule has 0 saturated carbocycles. The van der Waals surface area contributed by atoms with Gasteiger partial charge in [-0.15, -0.1) is 0 Å². The lowest BCUT2D eigenvalue weighted by atomic mass is 10.2. The van der Waals surface area contributed by atoms with Crippen molar-refractivity contribution in [3.05, 3.63) is 17.5 Å². The van der Waals surface area contributed by atoms with Crippen LogP contribution in [0, 0.1) is 0 Å². The summed E-state index contributed by atoms with van der Waals surface area (Å²) < 4.78 is 10.9. The topological polar surface area (TPSA) is 54.1 Å². The molecule has 6 heteroatoms. The maximum absolute atomic E-state index is 5.64. The standard InChI is InChI=1S/C14H26N4O2/c1-14(2,3)19-10-12-8-11(16-20-12)9-15-13(17(4)5)18(6)7/h8H,9-10H2,1-7H3. The Balaban J connectivity index is 2.62. The Labute approximate surface area is 121 Å². The van der Waals surface area contributed by atoms with E-state index in [0.29, 0.717) is 13.2 Å². The van der Waals surface area contributed by atoms with Gasteiger partial charge in [-0.1, -0.05) is 5.16 Å². The van der Waals surface area contributed by atoms with Crippen molar-refractivity contribution in [3.63, 3.8) is 0 Å². The van der Waals surface area contributed by atoms with Crippen LogP contribution in [0.5, 0.6) is 0 Å². The van der Waals surface area contributed by atoms with Crippen molar-refractivity contribution < 1.29 is 9.26 Å². The van der Waals surface area contributed by atoms with Crippen LogP contribution in [0.1, 0.15) is 32.2 Å². The molecule has 6 nitrogen and oxygen atoms in total. The van der Waals surface area contributed by atoms with E-state index in [1.165, 1.54) is 0 Å². The van der Waals surface area contributed by atoms with E-state index >= 15 is 0 Å². The Morgan fingerprint density at radius 3 is 2.35 bits per heavy atom. The van der Waals surface area contributed by atoms with E-state index < -0.39 is 0 Å². The van der Waals surface area contributed by atoms with Crippen molar-refractivity contribution in [2.24, 2.45) is 4.99 Å². The Morgan fingerprint density at radius 2 is 1.85 bits per heavy atom. The zero-order valence-corrected chi connectivity index (χ0v) is 13.6. The molecule has 0 aliphatic carbocycles. The maximum Gasteiger partial charge on any atom is 0.195 e. The number of rotatable bonds is 4. The number of nitrogens with zero attached hydrogens (tertiary/aromatic N) is 4. The summed E-state index contributed by atoms with van der Waals surface area (Å²) in [5.41, 5.74) is 0.618. The van der Waals surface area contributed by atoms with Gasteiger partial charge in [0.2, 0.25) is 0 Å². The molecule has 1 aromatic heterocycles. The Bertz CT molecular complexity index is 434. The first-order chi connectivity index (χ1) is 9.19. The molecule has 0 fully saturated rings. The summed E-state index contributed by atoms with van der Waals surface area (Å²) in [5.74, 6) is 1.61. The first-order valence-corrected chi connectivity index (χ1v) is 6.66. The molecule has 1 rings (SSSR count). The van der Waals surface area contributed by atoms with Crippen LogP contribution in [-0.4, -0.2) is 54.7 Å². The summed E-state index contributed by atoms with van der Waals surface area (Å²) in [6, 6.07) is 1.89. The molecule has 0 aliphatic rings. The van der Waals surface area contributed by atoms with Crippen molar-refractivity contribution in [2.45, 2.75) is 39.5 Å². The quantitative estimate of drug-likeness (QED) is 0.624. The average molecular weight is 282 g/mol. The van der Waals surface area contributed by atoms with Crippen molar-refractivity contribution >= 4 is 5.96 Å². The normalized spacial score (nSPS) is 11.3. The number of aliphatic imine (C=N–C) groups is 1. The molecule has 0 saturated heterocycles. The highest BCUT2D eigenvalue weighted by Crippen LogP contribution is 2.13. The number of hydrogen-bond acceptors (Lipinski definition) is 4. The molecular weight excluding hydrogens is 256 g/mol. The summed E-state index contributed by atoms with van der Waals surface area (Å²) in [5, 5.41) is 4.01. The number of hydrogen-bond donors (Lipinski definition) is 0. The van der Waals surface area contributed by atoms with Gasteiger partial charge >= 0.3 is 0 Å². The second-order valence-electron chi connectivity index (χ2n) is 6.09. The first-order valence-electron chi connectivity index (χ1n) is 6.66.